The van der Waals surface area contributed by atoms with Crippen molar-refractivity contribution in [3.05, 3.63) is 34.1 Å². The molecule has 0 saturated carbocycles. The molecule has 0 amide bonds. The van der Waals surface area contributed by atoms with Crippen LogP contribution in [0.25, 0.3) is 0 Å². The van der Waals surface area contributed by atoms with Crippen LogP contribution in [0, 0.1) is 17.5 Å². The van der Waals surface area contributed by atoms with Gasteiger partial charge in [0.05, 0.1) is 17.2 Å². The molecule has 0 atom stereocenters. The second-order valence-corrected chi connectivity index (χ2v) is 2.95. The molecule has 0 aromatic heterocycles. The van der Waals surface area contributed by atoms with Crippen LogP contribution < -0.4 is 0 Å². The van der Waals surface area contributed by atoms with Gasteiger partial charge in [0.1, 0.15) is 0 Å². The molecule has 0 fully saturated rings. The van der Waals surface area contributed by atoms with Gasteiger partial charge in [-0.15, -0.1) is 0 Å². The number of halogens is 4. The van der Waals surface area contributed by atoms with Gasteiger partial charge >= 0.3 is 5.97 Å². The second kappa shape index (κ2) is 4.53. The van der Waals surface area contributed by atoms with Gasteiger partial charge in [-0.25, -0.2) is 18.0 Å². The van der Waals surface area contributed by atoms with Crippen LogP contribution in [0.1, 0.15) is 17.3 Å². The van der Waals surface area contributed by atoms with Gasteiger partial charge in [-0.05, 0) is 13.0 Å². The van der Waals surface area contributed by atoms with Crippen LogP contribution in [0.15, 0.2) is 6.07 Å². The fraction of sp³-hybridized carbons (Fsp3) is 0.222. The minimum Gasteiger partial charge on any atom is -0.462 e. The molecule has 1 aromatic rings. The van der Waals surface area contributed by atoms with Gasteiger partial charge < -0.3 is 4.74 Å². The van der Waals surface area contributed by atoms with E-state index in [1.165, 1.54) is 6.92 Å². The van der Waals surface area contributed by atoms with Gasteiger partial charge in [-0.3, -0.25) is 0 Å². The van der Waals surface area contributed by atoms with Crippen molar-refractivity contribution in [2.24, 2.45) is 0 Å². The first kappa shape index (κ1) is 11.8. The predicted molar refractivity (Wildman–Crippen MR) is 47.3 cm³/mol. The molecule has 0 N–H and O–H groups in total. The van der Waals surface area contributed by atoms with E-state index in [9.17, 15) is 18.0 Å². The number of hydrogen-bond acceptors (Lipinski definition) is 2. The molecule has 15 heavy (non-hydrogen) atoms. The summed E-state index contributed by atoms with van der Waals surface area (Å²) in [5.74, 6) is -5.80. The van der Waals surface area contributed by atoms with E-state index < -0.39 is 34.0 Å². The largest absolute Gasteiger partial charge is 0.462 e. The third-order valence-corrected chi connectivity index (χ3v) is 1.97. The Balaban J connectivity index is 3.26. The fourth-order valence-corrected chi connectivity index (χ4v) is 1.14. The van der Waals surface area contributed by atoms with E-state index in [1.54, 1.807) is 0 Å². The van der Waals surface area contributed by atoms with Crippen molar-refractivity contribution in [3.8, 4) is 0 Å². The Morgan fingerprint density at radius 2 is 2.00 bits per heavy atom. The van der Waals surface area contributed by atoms with Gasteiger partial charge in [0.15, 0.2) is 17.5 Å². The highest BCUT2D eigenvalue weighted by molar-refractivity contribution is 6.33. The molecule has 0 aliphatic carbocycles. The average Bonchev–Trinajstić information content (AvgIpc) is 2.20. The van der Waals surface area contributed by atoms with Gasteiger partial charge in [-0.1, -0.05) is 11.6 Å². The molecule has 1 rings (SSSR count). The standard InChI is InChI=1S/C9H6ClF3O2/c1-2-15-9(14)4-3-5(11)7(12)8(13)6(4)10/h3H,2H2,1H3. The Labute approximate surface area is 88.6 Å². The van der Waals surface area contributed by atoms with Gasteiger partial charge in [0.25, 0.3) is 0 Å². The van der Waals surface area contributed by atoms with Crippen LogP contribution in [0.3, 0.4) is 0 Å². The lowest BCUT2D eigenvalue weighted by Crippen LogP contribution is -2.08. The number of carbonyl (C=O) groups excluding carboxylic acids is 1. The Bertz CT molecular complexity index is 407. The summed E-state index contributed by atoms with van der Waals surface area (Å²) in [6.45, 7) is 1.54. The van der Waals surface area contributed by atoms with E-state index in [4.69, 9.17) is 11.6 Å². The van der Waals surface area contributed by atoms with Gasteiger partial charge in [0.2, 0.25) is 0 Å². The predicted octanol–water partition coefficient (Wildman–Crippen LogP) is 2.93. The molecule has 0 saturated heterocycles. The van der Waals surface area contributed by atoms with Crippen molar-refractivity contribution in [1.82, 2.24) is 0 Å². The summed E-state index contributed by atoms with van der Waals surface area (Å²) in [6.07, 6.45) is 0. The zero-order valence-electron chi connectivity index (χ0n) is 7.61. The summed E-state index contributed by atoms with van der Waals surface area (Å²) in [5, 5.41) is -0.785. The summed E-state index contributed by atoms with van der Waals surface area (Å²) in [7, 11) is 0. The van der Waals surface area contributed by atoms with E-state index in [2.05, 4.69) is 4.74 Å². The first-order chi connectivity index (χ1) is 6.99. The molecule has 0 spiro atoms. The van der Waals surface area contributed by atoms with Gasteiger partial charge in [0, 0.05) is 0 Å². The van der Waals surface area contributed by atoms with Gasteiger partial charge in [-0.2, -0.15) is 0 Å². The van der Waals surface area contributed by atoms with Crippen LogP contribution in [-0.2, 0) is 4.74 Å². The maximum absolute atomic E-state index is 12.9. The summed E-state index contributed by atoms with van der Waals surface area (Å²) in [6, 6.07) is 0.499. The topological polar surface area (TPSA) is 26.3 Å². The highest BCUT2D eigenvalue weighted by Gasteiger charge is 2.22. The minimum atomic E-state index is -1.71. The summed E-state index contributed by atoms with van der Waals surface area (Å²) >= 11 is 5.32. The SMILES string of the molecule is CCOC(=O)c1cc(F)c(F)c(F)c1Cl. The molecule has 0 heterocycles. The molecular weight excluding hydrogens is 233 g/mol. The first-order valence-electron chi connectivity index (χ1n) is 3.99. The molecule has 0 aliphatic heterocycles. The fourth-order valence-electron chi connectivity index (χ4n) is 0.930. The second-order valence-electron chi connectivity index (χ2n) is 2.57. The third-order valence-electron chi connectivity index (χ3n) is 1.60. The Morgan fingerprint density at radius 3 is 2.53 bits per heavy atom. The maximum atomic E-state index is 12.9. The smallest absolute Gasteiger partial charge is 0.339 e. The average molecular weight is 239 g/mol. The van der Waals surface area contributed by atoms with E-state index in [1.807, 2.05) is 0 Å². The van der Waals surface area contributed by atoms with E-state index >= 15 is 0 Å². The maximum Gasteiger partial charge on any atom is 0.339 e. The van der Waals surface area contributed by atoms with Crippen LogP contribution in [-0.4, -0.2) is 12.6 Å². The van der Waals surface area contributed by atoms with E-state index in [0.29, 0.717) is 6.07 Å². The quantitative estimate of drug-likeness (QED) is 0.450. The Morgan fingerprint density at radius 1 is 1.40 bits per heavy atom. The number of rotatable bonds is 2. The van der Waals surface area contributed by atoms with Crippen LogP contribution in [0.2, 0.25) is 5.02 Å². The van der Waals surface area contributed by atoms with Crippen molar-refractivity contribution < 1.29 is 22.7 Å². The molecule has 82 valence electrons. The lowest BCUT2D eigenvalue weighted by atomic mass is 10.2. The van der Waals surface area contributed by atoms with E-state index in [0.717, 1.165) is 0 Å². The monoisotopic (exact) mass is 238 g/mol. The van der Waals surface area contributed by atoms with Crippen molar-refractivity contribution in [2.75, 3.05) is 6.61 Å². The number of benzene rings is 1. The lowest BCUT2D eigenvalue weighted by Gasteiger charge is -2.05. The molecule has 0 bridgehead atoms. The molecule has 2 nitrogen and oxygen atoms in total. The number of carbonyl (C=O) groups is 1. The van der Waals surface area contributed by atoms with E-state index in [-0.39, 0.29) is 6.61 Å². The van der Waals surface area contributed by atoms with Crippen LogP contribution >= 0.6 is 11.6 Å². The van der Waals surface area contributed by atoms with Crippen molar-refractivity contribution in [2.45, 2.75) is 6.92 Å². The zero-order valence-corrected chi connectivity index (χ0v) is 8.37. The van der Waals surface area contributed by atoms with Crippen molar-refractivity contribution in [1.29, 1.82) is 0 Å². The number of esters is 1. The molecule has 1 aromatic carbocycles. The Kier molecular flexibility index (Phi) is 3.57. The molecular formula is C9H6ClF3O2. The summed E-state index contributed by atoms with van der Waals surface area (Å²) in [4.78, 5) is 11.1. The zero-order chi connectivity index (χ0) is 11.6. The third kappa shape index (κ3) is 2.23. The Hall–Kier alpha value is -1.23. The molecule has 0 unspecified atom stereocenters. The summed E-state index contributed by atoms with van der Waals surface area (Å²) in [5.41, 5.74) is -0.532. The van der Waals surface area contributed by atoms with Crippen LogP contribution in [0.5, 0.6) is 0 Å². The normalized spacial score (nSPS) is 10.2. The number of ether oxygens (including phenoxy) is 1. The highest BCUT2D eigenvalue weighted by atomic mass is 35.5. The molecule has 6 heteroatoms. The van der Waals surface area contributed by atoms with Crippen molar-refractivity contribution in [3.63, 3.8) is 0 Å². The van der Waals surface area contributed by atoms with Crippen molar-refractivity contribution >= 4 is 17.6 Å². The number of hydrogen-bond donors (Lipinski definition) is 0. The lowest BCUT2D eigenvalue weighted by molar-refractivity contribution is 0.0525. The summed E-state index contributed by atoms with van der Waals surface area (Å²) < 4.78 is 42.8. The first-order valence-corrected chi connectivity index (χ1v) is 4.37. The highest BCUT2D eigenvalue weighted by Crippen LogP contribution is 2.25. The van der Waals surface area contributed by atoms with Crippen LogP contribution in [0.4, 0.5) is 13.2 Å². The molecule has 0 aliphatic rings. The molecule has 0 radical (unpaired) electrons. The minimum absolute atomic E-state index is 0.0236.